The van der Waals surface area contributed by atoms with Crippen LogP contribution in [0.4, 0.5) is 14.5 Å². The lowest BCUT2D eigenvalue weighted by atomic mass is 9.98. The molecule has 14 heteroatoms. The maximum Gasteiger partial charge on any atom is 0.335 e. The van der Waals surface area contributed by atoms with Crippen molar-refractivity contribution in [3.8, 4) is 0 Å². The van der Waals surface area contributed by atoms with E-state index in [1.807, 2.05) is 63.2 Å². The van der Waals surface area contributed by atoms with Crippen LogP contribution in [0.1, 0.15) is 190 Å². The summed E-state index contributed by atoms with van der Waals surface area (Å²) in [5, 5.41) is 4.08. The topological polar surface area (TPSA) is 177 Å². The van der Waals surface area contributed by atoms with E-state index in [2.05, 4.69) is 220 Å². The summed E-state index contributed by atoms with van der Waals surface area (Å²) in [5.41, 5.74) is 33.0. The minimum atomic E-state index is -3.18. The van der Waals surface area contributed by atoms with Crippen LogP contribution in [0.2, 0.25) is 5.02 Å². The Labute approximate surface area is 609 Å². The van der Waals surface area contributed by atoms with Crippen LogP contribution in [0, 0.1) is 93.6 Å². The Kier molecular flexibility index (Phi) is 50.9. The molecule has 1 unspecified atom stereocenters. The Bertz CT molecular complexity index is 3320. The van der Waals surface area contributed by atoms with Crippen molar-refractivity contribution >= 4 is 47.9 Å². The average molecular weight is 1420 g/mol. The van der Waals surface area contributed by atoms with E-state index in [0.29, 0.717) is 29.6 Å². The number of nitrogens with two attached hydrogens (primary N) is 3. The molecule has 7 rings (SSSR count). The van der Waals surface area contributed by atoms with E-state index >= 15 is 0 Å². The van der Waals surface area contributed by atoms with Crippen LogP contribution in [0.25, 0.3) is 5.70 Å². The van der Waals surface area contributed by atoms with E-state index in [1.165, 1.54) is 76.1 Å². The zero-order valence-electron chi connectivity index (χ0n) is 64.6. The van der Waals surface area contributed by atoms with Crippen LogP contribution in [0.15, 0.2) is 163 Å². The molecule has 0 amide bonds. The number of guanidine groups is 1. The summed E-state index contributed by atoms with van der Waals surface area (Å²) in [6.45, 7) is 52.1. The second kappa shape index (κ2) is 53.3. The minimum Gasteiger partial charge on any atom is -0.799 e. The summed E-state index contributed by atoms with van der Waals surface area (Å²) in [6.07, 6.45) is 7.77. The molecular formula is C85H128ClF2N5O4PS-. The van der Waals surface area contributed by atoms with Gasteiger partial charge in [0.2, 0.25) is 0 Å². The third-order valence-corrected chi connectivity index (χ3v) is 15.7. The van der Waals surface area contributed by atoms with Gasteiger partial charge in [-0.05, 0) is 238 Å². The van der Waals surface area contributed by atoms with Crippen molar-refractivity contribution in [3.63, 3.8) is 0 Å². The van der Waals surface area contributed by atoms with Gasteiger partial charge in [0.1, 0.15) is 11.6 Å². The maximum atomic E-state index is 13.4. The summed E-state index contributed by atoms with van der Waals surface area (Å²) in [7, 11) is -3.18. The van der Waals surface area contributed by atoms with Crippen molar-refractivity contribution in [2.45, 2.75) is 197 Å². The van der Waals surface area contributed by atoms with Crippen LogP contribution < -0.4 is 27.4 Å². The number of nitrogens with zero attached hydrogens (tertiary/aromatic N) is 1. The molecule has 99 heavy (non-hydrogen) atoms. The highest BCUT2D eigenvalue weighted by Gasteiger charge is 2.08. The Hall–Kier alpha value is -6.53. The third-order valence-electron chi connectivity index (χ3n) is 14.3. The second-order valence-corrected chi connectivity index (χ2v) is 32.0. The fourth-order valence-electron chi connectivity index (χ4n) is 9.39. The van der Waals surface area contributed by atoms with Gasteiger partial charge in [-0.1, -0.05) is 255 Å². The molecule has 0 aliphatic rings. The standard InChI is InChI=1S/C12H16FN.C12H17F.C12H19O2P.C11H15Cl.C11H17N3.2C11H16.C5H13N.O2S/c1-9(2)8-14-10(3)11-4-6-12(13)7-5-11;1-8(2)5-11-6-9(3)10(4)7-12(11)13;1-10(2)8-11-4-6-12(7-5-11)9-15(3,13)14;1-8(2)6-10-5-4-9(3)11(12)7-10;1-8(2)7-9-3-5-10(6-4-9)14-11(12)13;2*1-9(2)8-11-6-4-10(3)5-7-11;1-5(2)3-4-6;1-3-2/h4-7,9,14H,3,8H2,1-2H3;6-8H,5H2,1-4H3;4-7,10H,8-9H2,1-3H3,(H,13,14);4-5,7-8H,6H2,1-3H3;3-6,8H,7H2,1-2H3,(H4,12,13,14);2*4-7,9H,8H2,1-3H3;5H,3-4,6H2,1-2H3;/p-1. The molecule has 9 nitrogen and oxygen atoms in total. The number of benzene rings is 7. The molecule has 0 heterocycles. The molecule has 0 aliphatic heterocycles. The van der Waals surface area contributed by atoms with Gasteiger partial charge in [-0.15, -0.1) is 0 Å². The highest BCUT2D eigenvalue weighted by atomic mass is 35.5. The lowest BCUT2D eigenvalue weighted by Crippen LogP contribution is -2.21. The van der Waals surface area contributed by atoms with Crippen molar-refractivity contribution in [1.29, 1.82) is 0 Å². The van der Waals surface area contributed by atoms with E-state index in [-0.39, 0.29) is 23.8 Å². The number of nitrogens with one attached hydrogen (secondary N) is 1. The summed E-state index contributed by atoms with van der Waals surface area (Å²) < 4.78 is 53.7. The summed E-state index contributed by atoms with van der Waals surface area (Å²) in [4.78, 5) is 15.0. The van der Waals surface area contributed by atoms with E-state index in [9.17, 15) is 18.2 Å². The zero-order chi connectivity index (χ0) is 76.0. The number of rotatable bonds is 21. The summed E-state index contributed by atoms with van der Waals surface area (Å²) in [5.74, 6) is 5.21. The predicted octanol–water partition coefficient (Wildman–Crippen LogP) is 21.7. The fraction of sp³-hybridized carbons (Fsp3) is 0.471. The summed E-state index contributed by atoms with van der Waals surface area (Å²) in [6, 6.07) is 49.6. The molecular weight excluding hydrogens is 1290 g/mol. The maximum absolute atomic E-state index is 13.4. The number of aliphatic imine (C=N–C) groups is 1. The third kappa shape index (κ3) is 53.1. The van der Waals surface area contributed by atoms with Crippen molar-refractivity contribution in [1.82, 2.24) is 5.32 Å². The zero-order valence-corrected chi connectivity index (χ0v) is 67.1. The molecule has 7 aromatic rings. The Morgan fingerprint density at radius 3 is 1.19 bits per heavy atom. The van der Waals surface area contributed by atoms with Gasteiger partial charge in [-0.3, -0.25) is 0 Å². The smallest absolute Gasteiger partial charge is 0.335 e. The van der Waals surface area contributed by atoms with Crippen molar-refractivity contribution in [2.24, 2.45) is 69.5 Å². The first-order valence-corrected chi connectivity index (χ1v) is 38.4. The number of hydrogen-bond donors (Lipinski definition) is 4. The molecule has 0 radical (unpaired) electrons. The van der Waals surface area contributed by atoms with Gasteiger partial charge in [-0.2, -0.15) is 8.42 Å². The first-order chi connectivity index (χ1) is 46.2. The second-order valence-electron chi connectivity index (χ2n) is 29.2. The van der Waals surface area contributed by atoms with Gasteiger partial charge in [-0.25, -0.2) is 13.8 Å². The molecule has 0 saturated carbocycles. The van der Waals surface area contributed by atoms with Crippen molar-refractivity contribution < 1.29 is 26.7 Å². The van der Waals surface area contributed by atoms with Crippen LogP contribution in [-0.4, -0.2) is 34.1 Å². The van der Waals surface area contributed by atoms with Gasteiger partial charge in [0, 0.05) is 30.8 Å². The fourth-order valence-corrected chi connectivity index (χ4v) is 10.5. The van der Waals surface area contributed by atoms with Crippen LogP contribution >= 0.6 is 19.0 Å². The van der Waals surface area contributed by atoms with E-state index < -0.39 is 18.9 Å². The molecule has 0 fully saturated rings. The Balaban J connectivity index is 0. The molecule has 0 aromatic heterocycles. The summed E-state index contributed by atoms with van der Waals surface area (Å²) >= 11 is 5.25. The van der Waals surface area contributed by atoms with Gasteiger partial charge in [0.25, 0.3) is 0 Å². The van der Waals surface area contributed by atoms with Crippen LogP contribution in [-0.2, 0) is 60.8 Å². The Morgan fingerprint density at radius 2 is 0.859 bits per heavy atom. The molecule has 7 N–H and O–H groups in total. The van der Waals surface area contributed by atoms with Crippen LogP contribution in [0.5, 0.6) is 0 Å². The van der Waals surface area contributed by atoms with Gasteiger partial charge in [0.15, 0.2) is 5.96 Å². The first-order valence-electron chi connectivity index (χ1n) is 35.1. The lowest BCUT2D eigenvalue weighted by molar-refractivity contribution is -0.173. The monoisotopic (exact) mass is 1420 g/mol. The molecule has 0 aliphatic carbocycles. The normalized spacial score (nSPS) is 11.0. The molecule has 0 bridgehead atoms. The van der Waals surface area contributed by atoms with E-state index in [4.69, 9.17) is 37.2 Å². The molecule has 0 spiro atoms. The van der Waals surface area contributed by atoms with E-state index in [1.54, 1.807) is 18.2 Å². The number of halogens is 3. The molecule has 7 aromatic carbocycles. The van der Waals surface area contributed by atoms with Crippen LogP contribution in [0.3, 0.4) is 0 Å². The minimum absolute atomic E-state index is 0.0585. The predicted molar refractivity (Wildman–Crippen MR) is 427 cm³/mol. The molecule has 550 valence electrons. The van der Waals surface area contributed by atoms with Gasteiger partial charge < -0.3 is 32.0 Å². The molecule has 1 atom stereocenters. The highest BCUT2D eigenvalue weighted by molar-refractivity contribution is 7.54. The highest BCUT2D eigenvalue weighted by Crippen LogP contribution is 2.35. The lowest BCUT2D eigenvalue weighted by Gasteiger charge is -2.17. The molecule has 0 saturated heterocycles. The average Bonchev–Trinajstić information content (AvgIpc) is 0.863. The SMILES string of the molecule is C=C(NCC(C)C)c1ccc(F)cc1.CC(C)CCN.CC(C)Cc1ccc(CP(C)(=O)[O-])cc1.CC(C)Cc1ccc(N=C(N)N)cc1.Cc1cc(F)c(CC(C)C)cc1C.Cc1ccc(CC(C)C)cc1.Cc1ccc(CC(C)C)cc1.Cc1ccc(CC(C)C)cc1Cl.O=S=O. The number of aryl methyl sites for hydroxylation is 5. The van der Waals surface area contributed by atoms with Crippen molar-refractivity contribution in [2.75, 3.05) is 19.8 Å². The largest absolute Gasteiger partial charge is 0.799 e. The van der Waals surface area contributed by atoms with Gasteiger partial charge in [0.05, 0.1) is 5.69 Å². The Morgan fingerprint density at radius 1 is 0.505 bits per heavy atom. The quantitative estimate of drug-likeness (QED) is 0.0312. The van der Waals surface area contributed by atoms with Gasteiger partial charge >= 0.3 is 11.6 Å². The van der Waals surface area contributed by atoms with Crippen molar-refractivity contribution in [3.05, 3.63) is 247 Å². The first kappa shape index (κ1) is 94.5. The van der Waals surface area contributed by atoms with E-state index in [0.717, 1.165) is 107 Å². The number of hydrogen-bond acceptors (Lipinski definition) is 7.